The molecule has 0 bridgehead atoms. The highest BCUT2D eigenvalue weighted by Gasteiger charge is 2.26. The van der Waals surface area contributed by atoms with E-state index in [0.717, 1.165) is 36.8 Å². The van der Waals surface area contributed by atoms with Crippen LogP contribution in [0, 0.1) is 20.8 Å². The molecule has 2 rings (SSSR count). The molecule has 1 aromatic rings. The molecule has 0 spiro atoms. The first-order chi connectivity index (χ1) is 8.83. The van der Waals surface area contributed by atoms with Crippen molar-refractivity contribution in [2.24, 2.45) is 0 Å². The third-order valence-corrected chi connectivity index (χ3v) is 5.82. The Balaban J connectivity index is 2.45. The van der Waals surface area contributed by atoms with Crippen LogP contribution in [0.1, 0.15) is 42.4 Å². The van der Waals surface area contributed by atoms with Gasteiger partial charge in [0.15, 0.2) is 0 Å². The lowest BCUT2D eigenvalue weighted by Crippen LogP contribution is -2.33. The van der Waals surface area contributed by atoms with E-state index < -0.39 is 10.0 Å². The van der Waals surface area contributed by atoms with Crippen molar-refractivity contribution in [3.8, 4) is 0 Å². The average molecular weight is 282 g/mol. The SMILES string of the molecule is Cc1cc(N)c(C)c(S(=O)(=O)NC2CCCC2)c1C. The Hall–Kier alpha value is -1.07. The average Bonchev–Trinajstić information content (AvgIpc) is 2.78. The zero-order valence-electron chi connectivity index (χ0n) is 11.8. The zero-order chi connectivity index (χ0) is 14.2. The first-order valence-corrected chi connectivity index (χ1v) is 8.20. The summed E-state index contributed by atoms with van der Waals surface area (Å²) in [4.78, 5) is 0.358. The minimum atomic E-state index is -3.48. The van der Waals surface area contributed by atoms with Gasteiger partial charge in [0, 0.05) is 11.7 Å². The van der Waals surface area contributed by atoms with E-state index in [9.17, 15) is 8.42 Å². The van der Waals surface area contributed by atoms with Crippen LogP contribution in [0.3, 0.4) is 0 Å². The largest absolute Gasteiger partial charge is 0.398 e. The normalized spacial score (nSPS) is 17.0. The highest BCUT2D eigenvalue weighted by molar-refractivity contribution is 7.89. The Morgan fingerprint density at radius 2 is 1.74 bits per heavy atom. The summed E-state index contributed by atoms with van der Waals surface area (Å²) in [5, 5.41) is 0. The number of sulfonamides is 1. The van der Waals surface area contributed by atoms with Gasteiger partial charge in [-0.05, 0) is 56.4 Å². The van der Waals surface area contributed by atoms with Gasteiger partial charge in [0.2, 0.25) is 10.0 Å². The van der Waals surface area contributed by atoms with Crippen molar-refractivity contribution in [3.05, 3.63) is 22.8 Å². The number of aryl methyl sites for hydroxylation is 1. The molecule has 1 saturated carbocycles. The van der Waals surface area contributed by atoms with Crippen LogP contribution in [0.5, 0.6) is 0 Å². The zero-order valence-corrected chi connectivity index (χ0v) is 12.6. The lowest BCUT2D eigenvalue weighted by molar-refractivity contribution is 0.551. The molecule has 0 aromatic heterocycles. The Labute approximate surface area is 115 Å². The molecule has 4 nitrogen and oxygen atoms in total. The summed E-state index contributed by atoms with van der Waals surface area (Å²) in [6.45, 7) is 5.50. The van der Waals surface area contributed by atoms with Crippen molar-refractivity contribution >= 4 is 15.7 Å². The van der Waals surface area contributed by atoms with Crippen molar-refractivity contribution in [1.82, 2.24) is 4.72 Å². The first-order valence-electron chi connectivity index (χ1n) is 6.71. The van der Waals surface area contributed by atoms with Crippen LogP contribution < -0.4 is 10.5 Å². The van der Waals surface area contributed by atoms with Gasteiger partial charge in [0.1, 0.15) is 0 Å². The van der Waals surface area contributed by atoms with Crippen LogP contribution in [0.4, 0.5) is 5.69 Å². The third-order valence-electron chi connectivity index (χ3n) is 4.02. The number of rotatable bonds is 3. The fraction of sp³-hybridized carbons (Fsp3) is 0.571. The summed E-state index contributed by atoms with van der Waals surface area (Å²) in [6, 6.07) is 1.91. The van der Waals surface area contributed by atoms with Crippen LogP contribution in [0.2, 0.25) is 0 Å². The van der Waals surface area contributed by atoms with Gasteiger partial charge in [-0.3, -0.25) is 0 Å². The number of nitrogens with one attached hydrogen (secondary N) is 1. The highest BCUT2D eigenvalue weighted by Crippen LogP contribution is 2.29. The number of nitrogen functional groups attached to an aromatic ring is 1. The molecule has 0 amide bonds. The van der Waals surface area contributed by atoms with Crippen molar-refractivity contribution in [2.75, 3.05) is 5.73 Å². The summed E-state index contributed by atoms with van der Waals surface area (Å²) >= 11 is 0. The van der Waals surface area contributed by atoms with Gasteiger partial charge in [-0.25, -0.2) is 13.1 Å². The Morgan fingerprint density at radius 1 is 1.16 bits per heavy atom. The Morgan fingerprint density at radius 3 is 2.32 bits per heavy atom. The van der Waals surface area contributed by atoms with E-state index in [1.807, 2.05) is 19.9 Å². The van der Waals surface area contributed by atoms with E-state index in [4.69, 9.17) is 5.73 Å². The molecule has 0 atom stereocenters. The van der Waals surface area contributed by atoms with E-state index in [-0.39, 0.29) is 6.04 Å². The fourth-order valence-electron chi connectivity index (χ4n) is 2.77. The second kappa shape index (κ2) is 5.13. The van der Waals surface area contributed by atoms with E-state index in [2.05, 4.69) is 4.72 Å². The van der Waals surface area contributed by atoms with Crippen LogP contribution in [-0.4, -0.2) is 14.5 Å². The summed E-state index contributed by atoms with van der Waals surface area (Å²) in [5.74, 6) is 0. The molecular formula is C14H22N2O2S. The van der Waals surface area contributed by atoms with E-state index in [0.29, 0.717) is 16.1 Å². The van der Waals surface area contributed by atoms with Gasteiger partial charge in [-0.15, -0.1) is 0 Å². The monoisotopic (exact) mass is 282 g/mol. The molecular weight excluding hydrogens is 260 g/mol. The maximum Gasteiger partial charge on any atom is 0.241 e. The van der Waals surface area contributed by atoms with Gasteiger partial charge >= 0.3 is 0 Å². The van der Waals surface area contributed by atoms with Crippen molar-refractivity contribution in [1.29, 1.82) is 0 Å². The molecule has 1 aromatic carbocycles. The van der Waals surface area contributed by atoms with Gasteiger partial charge in [-0.1, -0.05) is 12.8 Å². The van der Waals surface area contributed by atoms with Gasteiger partial charge < -0.3 is 5.73 Å². The predicted molar refractivity (Wildman–Crippen MR) is 77.6 cm³/mol. The topological polar surface area (TPSA) is 72.2 Å². The molecule has 0 radical (unpaired) electrons. The molecule has 0 aliphatic heterocycles. The molecule has 1 aliphatic carbocycles. The smallest absolute Gasteiger partial charge is 0.241 e. The maximum atomic E-state index is 12.6. The maximum absolute atomic E-state index is 12.6. The van der Waals surface area contributed by atoms with Crippen molar-refractivity contribution in [2.45, 2.75) is 57.4 Å². The second-order valence-corrected chi connectivity index (χ2v) is 7.12. The van der Waals surface area contributed by atoms with Gasteiger partial charge in [0.25, 0.3) is 0 Å². The Kier molecular flexibility index (Phi) is 3.87. The Bertz CT molecular complexity index is 562. The van der Waals surface area contributed by atoms with Crippen LogP contribution >= 0.6 is 0 Å². The van der Waals surface area contributed by atoms with E-state index >= 15 is 0 Å². The number of hydrogen-bond acceptors (Lipinski definition) is 3. The number of nitrogens with two attached hydrogens (primary N) is 1. The van der Waals surface area contributed by atoms with E-state index in [1.165, 1.54) is 0 Å². The quantitative estimate of drug-likeness (QED) is 0.836. The van der Waals surface area contributed by atoms with Crippen molar-refractivity contribution in [3.63, 3.8) is 0 Å². The molecule has 19 heavy (non-hydrogen) atoms. The van der Waals surface area contributed by atoms with Gasteiger partial charge in [0.05, 0.1) is 4.90 Å². The lowest BCUT2D eigenvalue weighted by atomic mass is 10.1. The summed E-state index contributed by atoms with van der Waals surface area (Å²) in [6.07, 6.45) is 4.06. The van der Waals surface area contributed by atoms with Crippen LogP contribution in [0.25, 0.3) is 0 Å². The molecule has 106 valence electrons. The van der Waals surface area contributed by atoms with Crippen LogP contribution in [-0.2, 0) is 10.0 Å². The third kappa shape index (κ3) is 2.77. The summed E-state index contributed by atoms with van der Waals surface area (Å²) in [7, 11) is -3.48. The number of hydrogen-bond donors (Lipinski definition) is 2. The minimum absolute atomic E-state index is 0.0746. The van der Waals surface area contributed by atoms with Crippen molar-refractivity contribution < 1.29 is 8.42 Å². The standard InChI is InChI=1S/C14H22N2O2S/c1-9-8-13(15)11(3)14(10(9)2)19(17,18)16-12-6-4-5-7-12/h8,12,16H,4-7,15H2,1-3H3. The molecule has 1 aliphatic rings. The molecule has 5 heteroatoms. The van der Waals surface area contributed by atoms with Gasteiger partial charge in [-0.2, -0.15) is 0 Å². The predicted octanol–water partition coefficient (Wildman–Crippen LogP) is 2.41. The summed E-state index contributed by atoms with van der Waals surface area (Å²) in [5.41, 5.74) is 8.79. The highest BCUT2D eigenvalue weighted by atomic mass is 32.2. The molecule has 3 N–H and O–H groups in total. The number of anilines is 1. The summed E-state index contributed by atoms with van der Waals surface area (Å²) < 4.78 is 28.0. The minimum Gasteiger partial charge on any atom is -0.398 e. The lowest BCUT2D eigenvalue weighted by Gasteiger charge is -2.18. The number of benzene rings is 1. The molecule has 0 heterocycles. The van der Waals surface area contributed by atoms with Crippen LogP contribution in [0.15, 0.2) is 11.0 Å². The first kappa shape index (κ1) is 14.3. The molecule has 0 unspecified atom stereocenters. The molecule has 0 saturated heterocycles. The van der Waals surface area contributed by atoms with E-state index in [1.54, 1.807) is 6.92 Å². The molecule has 1 fully saturated rings. The second-order valence-electron chi connectivity index (χ2n) is 5.46. The fourth-order valence-corrected chi connectivity index (χ4v) is 4.64.